The van der Waals surface area contributed by atoms with Crippen molar-refractivity contribution < 1.29 is 4.39 Å². The zero-order valence-electron chi connectivity index (χ0n) is 10.4. The van der Waals surface area contributed by atoms with Crippen molar-refractivity contribution >= 4 is 11.0 Å². The molecule has 1 aromatic heterocycles. The summed E-state index contributed by atoms with van der Waals surface area (Å²) in [5.41, 5.74) is 7.35. The smallest absolute Gasteiger partial charge is 0.151 e. The molecule has 0 amide bonds. The number of halogens is 1. The van der Waals surface area contributed by atoms with Crippen LogP contribution in [0.2, 0.25) is 0 Å². The Hall–Kier alpha value is -1.42. The van der Waals surface area contributed by atoms with E-state index in [9.17, 15) is 4.39 Å². The molecule has 0 saturated carbocycles. The lowest BCUT2D eigenvalue weighted by Crippen LogP contribution is -2.22. The third kappa shape index (κ3) is 1.93. The molecule has 0 aliphatic rings. The molecule has 4 heteroatoms. The number of aryl methyl sites for hydroxylation is 1. The molecule has 2 unspecified atom stereocenters. The number of imidazole rings is 1. The number of hydrogen-bond acceptors (Lipinski definition) is 2. The summed E-state index contributed by atoms with van der Waals surface area (Å²) >= 11 is 0. The van der Waals surface area contributed by atoms with Gasteiger partial charge >= 0.3 is 0 Å². The number of rotatable bonds is 3. The molecule has 0 radical (unpaired) electrons. The van der Waals surface area contributed by atoms with Crippen LogP contribution in [0.25, 0.3) is 11.0 Å². The molecule has 2 rings (SSSR count). The molecule has 0 aliphatic carbocycles. The van der Waals surface area contributed by atoms with Crippen molar-refractivity contribution in [3.05, 3.63) is 29.8 Å². The molecule has 2 N–H and O–H groups in total. The first-order chi connectivity index (χ1) is 8.06. The highest BCUT2D eigenvalue weighted by molar-refractivity contribution is 5.76. The first kappa shape index (κ1) is 12.0. The normalized spacial score (nSPS) is 15.1. The van der Waals surface area contributed by atoms with Gasteiger partial charge in [-0.05, 0) is 18.1 Å². The van der Waals surface area contributed by atoms with E-state index in [2.05, 4.69) is 18.8 Å². The highest BCUT2D eigenvalue weighted by atomic mass is 19.1. The Balaban J connectivity index is 2.56. The summed E-state index contributed by atoms with van der Waals surface area (Å²) in [6.45, 7) is 4.17. The van der Waals surface area contributed by atoms with Gasteiger partial charge in [0.1, 0.15) is 11.3 Å². The number of fused-ring (bicyclic) bond motifs is 1. The largest absolute Gasteiger partial charge is 0.330 e. The Bertz CT molecular complexity index is 533. The van der Waals surface area contributed by atoms with Crippen molar-refractivity contribution in [2.75, 3.05) is 0 Å². The lowest BCUT2D eigenvalue weighted by molar-refractivity contribution is 0.431. The average Bonchev–Trinajstić information content (AvgIpc) is 2.67. The second-order valence-corrected chi connectivity index (χ2v) is 4.55. The van der Waals surface area contributed by atoms with Crippen LogP contribution < -0.4 is 5.73 Å². The Morgan fingerprint density at radius 1 is 1.47 bits per heavy atom. The number of hydrogen-bond donors (Lipinski definition) is 1. The highest BCUT2D eigenvalue weighted by Crippen LogP contribution is 2.25. The summed E-state index contributed by atoms with van der Waals surface area (Å²) in [7, 11) is 1.88. The summed E-state index contributed by atoms with van der Waals surface area (Å²) in [6, 6.07) is 4.82. The van der Waals surface area contributed by atoms with Crippen LogP contribution >= 0.6 is 0 Å². The molecular formula is C13H18FN3. The van der Waals surface area contributed by atoms with Gasteiger partial charge in [0.2, 0.25) is 0 Å². The first-order valence-electron chi connectivity index (χ1n) is 5.92. The highest BCUT2D eigenvalue weighted by Gasteiger charge is 2.20. The second kappa shape index (κ2) is 4.45. The number of benzene rings is 1. The maximum atomic E-state index is 13.6. The summed E-state index contributed by atoms with van der Waals surface area (Å²) in [6.07, 6.45) is 0.979. The summed E-state index contributed by atoms with van der Waals surface area (Å²) in [5.74, 6) is 0.786. The van der Waals surface area contributed by atoms with Crippen molar-refractivity contribution in [3.8, 4) is 0 Å². The van der Waals surface area contributed by atoms with E-state index in [1.54, 1.807) is 6.07 Å². The van der Waals surface area contributed by atoms with Gasteiger partial charge in [-0.15, -0.1) is 0 Å². The van der Waals surface area contributed by atoms with E-state index in [1.165, 1.54) is 6.07 Å². The van der Waals surface area contributed by atoms with Crippen molar-refractivity contribution in [3.63, 3.8) is 0 Å². The molecule has 2 atom stereocenters. The van der Waals surface area contributed by atoms with Crippen molar-refractivity contribution in [1.82, 2.24) is 9.55 Å². The predicted molar refractivity (Wildman–Crippen MR) is 67.1 cm³/mol. The molecule has 0 fully saturated rings. The SMILES string of the molecule is CCC(C)C(N)c1nc2c(F)cccc2n1C. The number of aromatic nitrogens is 2. The van der Waals surface area contributed by atoms with E-state index in [1.807, 2.05) is 17.7 Å². The van der Waals surface area contributed by atoms with Gasteiger partial charge in [-0.2, -0.15) is 0 Å². The van der Waals surface area contributed by atoms with Crippen LogP contribution in [0.3, 0.4) is 0 Å². The zero-order valence-corrected chi connectivity index (χ0v) is 10.4. The molecule has 2 aromatic rings. The van der Waals surface area contributed by atoms with Crippen LogP contribution in [0.15, 0.2) is 18.2 Å². The van der Waals surface area contributed by atoms with E-state index in [0.29, 0.717) is 11.4 Å². The molecule has 17 heavy (non-hydrogen) atoms. The third-order valence-electron chi connectivity index (χ3n) is 3.45. The molecule has 1 heterocycles. The molecular weight excluding hydrogens is 217 g/mol. The van der Waals surface area contributed by atoms with E-state index in [-0.39, 0.29) is 11.9 Å². The zero-order chi connectivity index (χ0) is 12.6. The van der Waals surface area contributed by atoms with Crippen LogP contribution in [0, 0.1) is 11.7 Å². The van der Waals surface area contributed by atoms with Crippen LogP contribution in [-0.4, -0.2) is 9.55 Å². The lowest BCUT2D eigenvalue weighted by atomic mass is 9.99. The van der Waals surface area contributed by atoms with E-state index < -0.39 is 0 Å². The quantitative estimate of drug-likeness (QED) is 0.889. The molecule has 0 spiro atoms. The predicted octanol–water partition coefficient (Wildman–Crippen LogP) is 2.76. The Kier molecular flexibility index (Phi) is 3.15. The summed E-state index contributed by atoms with van der Waals surface area (Å²) < 4.78 is 15.5. The fourth-order valence-electron chi connectivity index (χ4n) is 2.00. The first-order valence-corrected chi connectivity index (χ1v) is 5.92. The van der Waals surface area contributed by atoms with Gasteiger partial charge in [0, 0.05) is 7.05 Å². The van der Waals surface area contributed by atoms with Gasteiger partial charge in [-0.1, -0.05) is 26.3 Å². The van der Waals surface area contributed by atoms with Gasteiger partial charge in [0.25, 0.3) is 0 Å². The Morgan fingerprint density at radius 3 is 2.76 bits per heavy atom. The monoisotopic (exact) mass is 235 g/mol. The average molecular weight is 235 g/mol. The minimum Gasteiger partial charge on any atom is -0.330 e. The van der Waals surface area contributed by atoms with E-state index in [4.69, 9.17) is 5.73 Å². The summed E-state index contributed by atoms with van der Waals surface area (Å²) in [4.78, 5) is 4.34. The minimum absolute atomic E-state index is 0.156. The third-order valence-corrected chi connectivity index (χ3v) is 3.45. The number of para-hydroxylation sites is 1. The standard InChI is InChI=1S/C13H18FN3/c1-4-8(2)11(15)13-16-12-9(14)6-5-7-10(12)17(13)3/h5-8,11H,4,15H2,1-3H3. The maximum absolute atomic E-state index is 13.6. The summed E-state index contributed by atoms with van der Waals surface area (Å²) in [5, 5.41) is 0. The molecule has 0 saturated heterocycles. The fourth-order valence-corrected chi connectivity index (χ4v) is 2.00. The second-order valence-electron chi connectivity index (χ2n) is 4.55. The van der Waals surface area contributed by atoms with Gasteiger partial charge in [-0.3, -0.25) is 0 Å². The van der Waals surface area contributed by atoms with E-state index in [0.717, 1.165) is 17.8 Å². The molecule has 92 valence electrons. The topological polar surface area (TPSA) is 43.8 Å². The molecule has 3 nitrogen and oxygen atoms in total. The molecule has 0 bridgehead atoms. The molecule has 0 aliphatic heterocycles. The minimum atomic E-state index is -0.291. The van der Waals surface area contributed by atoms with Gasteiger partial charge in [0.05, 0.1) is 11.6 Å². The van der Waals surface area contributed by atoms with Crippen LogP contribution in [0.1, 0.15) is 32.1 Å². The van der Waals surface area contributed by atoms with E-state index >= 15 is 0 Å². The maximum Gasteiger partial charge on any atom is 0.151 e. The number of nitrogens with zero attached hydrogens (tertiary/aromatic N) is 2. The lowest BCUT2D eigenvalue weighted by Gasteiger charge is -2.17. The fraction of sp³-hybridized carbons (Fsp3) is 0.462. The van der Waals surface area contributed by atoms with Crippen molar-refractivity contribution in [1.29, 1.82) is 0 Å². The van der Waals surface area contributed by atoms with Crippen LogP contribution in [0.5, 0.6) is 0 Å². The Labute approximate surface area is 100 Å². The Morgan fingerprint density at radius 2 is 2.18 bits per heavy atom. The van der Waals surface area contributed by atoms with Gasteiger partial charge < -0.3 is 10.3 Å². The van der Waals surface area contributed by atoms with Crippen molar-refractivity contribution in [2.45, 2.75) is 26.3 Å². The van der Waals surface area contributed by atoms with Crippen LogP contribution in [-0.2, 0) is 7.05 Å². The number of nitrogens with two attached hydrogens (primary N) is 1. The molecule has 1 aromatic carbocycles. The van der Waals surface area contributed by atoms with Gasteiger partial charge in [-0.25, -0.2) is 9.37 Å². The van der Waals surface area contributed by atoms with Crippen molar-refractivity contribution in [2.24, 2.45) is 18.7 Å². The van der Waals surface area contributed by atoms with Gasteiger partial charge in [0.15, 0.2) is 5.82 Å². The van der Waals surface area contributed by atoms with Crippen LogP contribution in [0.4, 0.5) is 4.39 Å².